The SMILES string of the molecule is COC(C)(C)CCC(CCl)(CCl)c1ccc(C)cc1. The molecule has 0 bridgehead atoms. The molecule has 0 aliphatic rings. The van der Waals surface area contributed by atoms with Gasteiger partial charge in [0.1, 0.15) is 0 Å². The van der Waals surface area contributed by atoms with Crippen molar-refractivity contribution in [3.05, 3.63) is 35.4 Å². The highest BCUT2D eigenvalue weighted by Crippen LogP contribution is 2.35. The average Bonchev–Trinajstić information content (AvgIpc) is 2.42. The lowest BCUT2D eigenvalue weighted by molar-refractivity contribution is 0.0100. The maximum atomic E-state index is 6.25. The standard InChI is InChI=1S/C16H24Cl2O/c1-13-5-7-14(8-6-13)16(11-17,12-18)10-9-15(2,3)19-4/h5-8H,9-12H2,1-4H3. The van der Waals surface area contributed by atoms with Crippen LogP contribution in [0.15, 0.2) is 24.3 Å². The van der Waals surface area contributed by atoms with Gasteiger partial charge >= 0.3 is 0 Å². The molecule has 0 aromatic heterocycles. The second kappa shape index (κ2) is 6.97. The number of hydrogen-bond acceptors (Lipinski definition) is 1. The molecule has 0 heterocycles. The minimum Gasteiger partial charge on any atom is -0.379 e. The van der Waals surface area contributed by atoms with E-state index in [2.05, 4.69) is 45.0 Å². The molecule has 3 heteroatoms. The third-order valence-corrected chi connectivity index (χ3v) is 4.96. The van der Waals surface area contributed by atoms with E-state index >= 15 is 0 Å². The van der Waals surface area contributed by atoms with Crippen LogP contribution in [-0.4, -0.2) is 24.5 Å². The van der Waals surface area contributed by atoms with Crippen molar-refractivity contribution in [3.8, 4) is 0 Å². The van der Waals surface area contributed by atoms with Gasteiger partial charge in [0.2, 0.25) is 0 Å². The fourth-order valence-electron chi connectivity index (χ4n) is 2.02. The van der Waals surface area contributed by atoms with Gasteiger partial charge in [-0.2, -0.15) is 0 Å². The van der Waals surface area contributed by atoms with Crippen LogP contribution in [0.25, 0.3) is 0 Å². The summed E-state index contributed by atoms with van der Waals surface area (Å²) in [5.41, 5.74) is 2.15. The van der Waals surface area contributed by atoms with Gasteiger partial charge in [0.15, 0.2) is 0 Å². The predicted octanol–water partition coefficient (Wildman–Crippen LogP) is 4.92. The zero-order valence-corrected chi connectivity index (χ0v) is 13.8. The predicted molar refractivity (Wildman–Crippen MR) is 84.6 cm³/mol. The fraction of sp³-hybridized carbons (Fsp3) is 0.625. The van der Waals surface area contributed by atoms with Crippen molar-refractivity contribution in [1.29, 1.82) is 0 Å². The van der Waals surface area contributed by atoms with E-state index in [1.54, 1.807) is 7.11 Å². The van der Waals surface area contributed by atoms with Gasteiger partial charge in [-0.05, 0) is 39.2 Å². The molecule has 1 aromatic rings. The normalized spacial score (nSPS) is 12.7. The number of benzene rings is 1. The van der Waals surface area contributed by atoms with Crippen LogP contribution < -0.4 is 0 Å². The number of aryl methyl sites for hydroxylation is 1. The molecule has 1 aromatic carbocycles. The number of rotatable bonds is 7. The molecular formula is C16H24Cl2O. The third kappa shape index (κ3) is 4.37. The molecule has 1 rings (SSSR count). The van der Waals surface area contributed by atoms with Crippen LogP contribution >= 0.6 is 23.2 Å². The summed E-state index contributed by atoms with van der Waals surface area (Å²) in [5, 5.41) is 0. The Bertz CT molecular complexity index is 380. The van der Waals surface area contributed by atoms with Gasteiger partial charge in [-0.3, -0.25) is 0 Å². The summed E-state index contributed by atoms with van der Waals surface area (Å²) in [7, 11) is 1.74. The number of ether oxygens (including phenoxy) is 1. The summed E-state index contributed by atoms with van der Waals surface area (Å²) in [6, 6.07) is 8.51. The molecule has 0 radical (unpaired) electrons. The topological polar surface area (TPSA) is 9.23 Å². The van der Waals surface area contributed by atoms with Crippen LogP contribution in [0.2, 0.25) is 0 Å². The molecule has 0 aliphatic heterocycles. The smallest absolute Gasteiger partial charge is 0.0623 e. The summed E-state index contributed by atoms with van der Waals surface area (Å²) in [4.78, 5) is 0. The van der Waals surface area contributed by atoms with Crippen LogP contribution in [0, 0.1) is 6.92 Å². The number of hydrogen-bond donors (Lipinski definition) is 0. The Balaban J connectivity index is 2.94. The molecule has 0 spiro atoms. The highest BCUT2D eigenvalue weighted by atomic mass is 35.5. The summed E-state index contributed by atoms with van der Waals surface area (Å²) in [6.07, 6.45) is 1.85. The van der Waals surface area contributed by atoms with Crippen molar-refractivity contribution in [2.75, 3.05) is 18.9 Å². The molecule has 19 heavy (non-hydrogen) atoms. The minimum absolute atomic E-state index is 0.145. The molecular weight excluding hydrogens is 279 g/mol. The number of alkyl halides is 2. The van der Waals surface area contributed by atoms with Crippen molar-refractivity contribution in [1.82, 2.24) is 0 Å². The maximum Gasteiger partial charge on any atom is 0.0623 e. The van der Waals surface area contributed by atoms with Crippen LogP contribution in [0.3, 0.4) is 0 Å². The van der Waals surface area contributed by atoms with Gasteiger partial charge in [0.25, 0.3) is 0 Å². The second-order valence-electron chi connectivity index (χ2n) is 5.88. The van der Waals surface area contributed by atoms with Gasteiger partial charge in [-0.15, -0.1) is 23.2 Å². The Morgan fingerprint density at radius 1 is 1.00 bits per heavy atom. The highest BCUT2D eigenvalue weighted by Gasteiger charge is 2.33. The summed E-state index contributed by atoms with van der Waals surface area (Å²) < 4.78 is 5.49. The molecule has 0 unspecified atom stereocenters. The fourth-order valence-corrected chi connectivity index (χ4v) is 2.88. The zero-order chi connectivity index (χ0) is 14.5. The van der Waals surface area contributed by atoms with Crippen molar-refractivity contribution in [3.63, 3.8) is 0 Å². The Hall–Kier alpha value is -0.240. The Morgan fingerprint density at radius 3 is 1.95 bits per heavy atom. The van der Waals surface area contributed by atoms with Gasteiger partial charge in [-0.1, -0.05) is 29.8 Å². The number of methoxy groups -OCH3 is 1. The Labute approximate surface area is 127 Å². The molecule has 1 nitrogen and oxygen atoms in total. The summed E-state index contributed by atoms with van der Waals surface area (Å²) >= 11 is 12.5. The van der Waals surface area contributed by atoms with E-state index in [4.69, 9.17) is 27.9 Å². The summed E-state index contributed by atoms with van der Waals surface area (Å²) in [6.45, 7) is 6.27. The average molecular weight is 303 g/mol. The lowest BCUT2D eigenvalue weighted by Gasteiger charge is -2.34. The molecule has 0 aliphatic carbocycles. The quantitative estimate of drug-likeness (QED) is 0.650. The molecule has 0 saturated heterocycles. The van der Waals surface area contributed by atoms with E-state index in [9.17, 15) is 0 Å². The van der Waals surface area contributed by atoms with Crippen molar-refractivity contribution in [2.24, 2.45) is 0 Å². The summed E-state index contributed by atoms with van der Waals surface area (Å²) in [5.74, 6) is 1.05. The first-order chi connectivity index (χ1) is 8.89. The molecule has 0 amide bonds. The van der Waals surface area contributed by atoms with Crippen molar-refractivity contribution >= 4 is 23.2 Å². The molecule has 0 saturated carbocycles. The Kier molecular flexibility index (Phi) is 6.16. The van der Waals surface area contributed by atoms with E-state index in [0.717, 1.165) is 12.8 Å². The van der Waals surface area contributed by atoms with Crippen LogP contribution in [0.1, 0.15) is 37.8 Å². The molecule has 0 atom stereocenters. The highest BCUT2D eigenvalue weighted by molar-refractivity contribution is 6.22. The minimum atomic E-state index is -0.174. The van der Waals surface area contributed by atoms with E-state index in [-0.39, 0.29) is 11.0 Å². The molecule has 108 valence electrons. The van der Waals surface area contributed by atoms with Crippen molar-refractivity contribution < 1.29 is 4.74 Å². The van der Waals surface area contributed by atoms with Crippen molar-refractivity contribution in [2.45, 2.75) is 44.6 Å². The van der Waals surface area contributed by atoms with Crippen LogP contribution in [0.5, 0.6) is 0 Å². The van der Waals surface area contributed by atoms with Gasteiger partial charge < -0.3 is 4.74 Å². The van der Waals surface area contributed by atoms with E-state index < -0.39 is 0 Å². The second-order valence-corrected chi connectivity index (χ2v) is 6.41. The Morgan fingerprint density at radius 2 is 1.53 bits per heavy atom. The van der Waals surface area contributed by atoms with E-state index in [1.807, 2.05) is 0 Å². The lowest BCUT2D eigenvalue weighted by Crippen LogP contribution is -2.34. The zero-order valence-electron chi connectivity index (χ0n) is 12.3. The van der Waals surface area contributed by atoms with Crippen LogP contribution in [-0.2, 0) is 10.2 Å². The van der Waals surface area contributed by atoms with Crippen LogP contribution in [0.4, 0.5) is 0 Å². The van der Waals surface area contributed by atoms with E-state index in [0.29, 0.717) is 11.8 Å². The third-order valence-electron chi connectivity index (χ3n) is 3.93. The number of halogens is 2. The van der Waals surface area contributed by atoms with Gasteiger partial charge in [0.05, 0.1) is 5.60 Å². The molecule has 0 fully saturated rings. The molecule has 0 N–H and O–H groups in total. The maximum absolute atomic E-state index is 6.25. The first-order valence-electron chi connectivity index (χ1n) is 6.63. The van der Waals surface area contributed by atoms with E-state index in [1.165, 1.54) is 11.1 Å². The van der Waals surface area contributed by atoms with Gasteiger partial charge in [-0.25, -0.2) is 0 Å². The first kappa shape index (κ1) is 16.8. The first-order valence-corrected chi connectivity index (χ1v) is 7.70. The van der Waals surface area contributed by atoms with Gasteiger partial charge in [0, 0.05) is 24.3 Å². The largest absolute Gasteiger partial charge is 0.379 e. The lowest BCUT2D eigenvalue weighted by atomic mass is 9.77. The monoisotopic (exact) mass is 302 g/mol.